The summed E-state index contributed by atoms with van der Waals surface area (Å²) in [5, 5.41) is 0.333. The van der Waals surface area contributed by atoms with Crippen molar-refractivity contribution in [1.29, 1.82) is 0 Å². The first kappa shape index (κ1) is 20.3. The molecule has 0 bridgehead atoms. The maximum atomic E-state index is 12.1. The standard InChI is InChI=1S/C16H19Cl2N3O5/c1-20(8-13(22)21-2-4-25-5-3-21)14(23)9-26-16(24)11-6-10(17)7-12(18)15(11)19/h6-7H,2-5,8-9,19H2,1H3. The van der Waals surface area contributed by atoms with E-state index in [4.69, 9.17) is 38.4 Å². The van der Waals surface area contributed by atoms with E-state index in [2.05, 4.69) is 0 Å². The molecule has 0 aliphatic carbocycles. The van der Waals surface area contributed by atoms with Crippen LogP contribution in [-0.4, -0.2) is 74.1 Å². The van der Waals surface area contributed by atoms with E-state index in [1.165, 1.54) is 24.1 Å². The Kier molecular flexibility index (Phi) is 7.07. The summed E-state index contributed by atoms with van der Waals surface area (Å²) in [6, 6.07) is 2.70. The van der Waals surface area contributed by atoms with Crippen molar-refractivity contribution < 1.29 is 23.9 Å². The lowest BCUT2D eigenvalue weighted by molar-refractivity contribution is -0.143. The van der Waals surface area contributed by atoms with Gasteiger partial charge in [0, 0.05) is 25.2 Å². The predicted molar refractivity (Wildman–Crippen MR) is 96.2 cm³/mol. The molecule has 26 heavy (non-hydrogen) atoms. The van der Waals surface area contributed by atoms with Crippen molar-refractivity contribution in [2.75, 3.05) is 52.2 Å². The molecule has 142 valence electrons. The van der Waals surface area contributed by atoms with Crippen LogP contribution in [0, 0.1) is 0 Å². The van der Waals surface area contributed by atoms with E-state index in [1.807, 2.05) is 0 Å². The van der Waals surface area contributed by atoms with Gasteiger partial charge in [-0.15, -0.1) is 0 Å². The highest BCUT2D eigenvalue weighted by Crippen LogP contribution is 2.28. The Balaban J connectivity index is 1.87. The molecule has 1 aromatic carbocycles. The molecule has 1 heterocycles. The quantitative estimate of drug-likeness (QED) is 0.582. The Morgan fingerprint density at radius 2 is 1.92 bits per heavy atom. The minimum Gasteiger partial charge on any atom is -0.452 e. The number of esters is 1. The monoisotopic (exact) mass is 403 g/mol. The second-order valence-electron chi connectivity index (χ2n) is 5.67. The van der Waals surface area contributed by atoms with Crippen LogP contribution < -0.4 is 5.73 Å². The highest BCUT2D eigenvalue weighted by atomic mass is 35.5. The summed E-state index contributed by atoms with van der Waals surface area (Å²) in [7, 11) is 1.46. The number of carbonyl (C=O) groups excluding carboxylic acids is 3. The van der Waals surface area contributed by atoms with Crippen molar-refractivity contribution in [3.05, 3.63) is 27.7 Å². The van der Waals surface area contributed by atoms with Crippen LogP contribution in [0.25, 0.3) is 0 Å². The van der Waals surface area contributed by atoms with Gasteiger partial charge in [-0.25, -0.2) is 4.79 Å². The fourth-order valence-corrected chi connectivity index (χ4v) is 2.77. The maximum Gasteiger partial charge on any atom is 0.340 e. The molecular weight excluding hydrogens is 385 g/mol. The van der Waals surface area contributed by atoms with Crippen molar-refractivity contribution in [1.82, 2.24) is 9.80 Å². The van der Waals surface area contributed by atoms with Gasteiger partial charge in [0.2, 0.25) is 5.91 Å². The van der Waals surface area contributed by atoms with Crippen molar-refractivity contribution in [2.45, 2.75) is 0 Å². The van der Waals surface area contributed by atoms with Crippen molar-refractivity contribution in [2.24, 2.45) is 0 Å². The van der Waals surface area contributed by atoms with Gasteiger partial charge in [-0.05, 0) is 12.1 Å². The fraction of sp³-hybridized carbons (Fsp3) is 0.438. The lowest BCUT2D eigenvalue weighted by Gasteiger charge is -2.28. The summed E-state index contributed by atoms with van der Waals surface area (Å²) in [6.07, 6.45) is 0. The highest BCUT2D eigenvalue weighted by molar-refractivity contribution is 6.37. The fourth-order valence-electron chi connectivity index (χ4n) is 2.27. The number of likely N-dealkylation sites (N-methyl/N-ethyl adjacent to an activating group) is 1. The second-order valence-corrected chi connectivity index (χ2v) is 6.51. The Morgan fingerprint density at radius 3 is 2.58 bits per heavy atom. The number of nitrogen functional groups attached to an aromatic ring is 1. The molecule has 8 nitrogen and oxygen atoms in total. The number of benzene rings is 1. The first-order valence-electron chi connectivity index (χ1n) is 7.80. The Bertz CT molecular complexity index is 707. The molecule has 1 saturated heterocycles. The number of carbonyl (C=O) groups is 3. The van der Waals surface area contributed by atoms with Gasteiger partial charge in [0.05, 0.1) is 36.0 Å². The van der Waals surface area contributed by atoms with Crippen molar-refractivity contribution in [3.63, 3.8) is 0 Å². The van der Waals surface area contributed by atoms with E-state index in [1.54, 1.807) is 4.90 Å². The molecule has 0 atom stereocenters. The van der Waals surface area contributed by atoms with Crippen LogP contribution in [-0.2, 0) is 19.1 Å². The van der Waals surface area contributed by atoms with Gasteiger partial charge in [0.15, 0.2) is 6.61 Å². The van der Waals surface area contributed by atoms with Crippen LogP contribution in [0.1, 0.15) is 10.4 Å². The second kappa shape index (κ2) is 9.07. The van der Waals surface area contributed by atoms with E-state index >= 15 is 0 Å². The topological polar surface area (TPSA) is 102 Å². The minimum absolute atomic E-state index is 0.0179. The van der Waals surface area contributed by atoms with E-state index in [0.29, 0.717) is 26.3 Å². The van der Waals surface area contributed by atoms with Gasteiger partial charge in [-0.1, -0.05) is 23.2 Å². The van der Waals surface area contributed by atoms with E-state index in [0.717, 1.165) is 0 Å². The average molecular weight is 404 g/mol. The molecule has 0 spiro atoms. The third-order valence-electron chi connectivity index (χ3n) is 3.80. The summed E-state index contributed by atoms with van der Waals surface area (Å²) >= 11 is 11.7. The summed E-state index contributed by atoms with van der Waals surface area (Å²) in [5.41, 5.74) is 5.71. The van der Waals surface area contributed by atoms with Crippen LogP contribution in [0.4, 0.5) is 5.69 Å². The van der Waals surface area contributed by atoms with Gasteiger partial charge in [0.25, 0.3) is 5.91 Å². The van der Waals surface area contributed by atoms with Gasteiger partial charge < -0.3 is 25.0 Å². The normalized spacial score (nSPS) is 14.0. The SMILES string of the molecule is CN(CC(=O)N1CCOCC1)C(=O)COC(=O)c1cc(Cl)cc(Cl)c1N. The zero-order chi connectivity index (χ0) is 19.3. The van der Waals surface area contributed by atoms with Crippen LogP contribution >= 0.6 is 23.2 Å². The molecule has 2 N–H and O–H groups in total. The van der Waals surface area contributed by atoms with Crippen LogP contribution in [0.15, 0.2) is 12.1 Å². The molecule has 1 fully saturated rings. The number of rotatable bonds is 5. The molecule has 1 aliphatic heterocycles. The van der Waals surface area contributed by atoms with Crippen LogP contribution in [0.3, 0.4) is 0 Å². The van der Waals surface area contributed by atoms with Gasteiger partial charge >= 0.3 is 5.97 Å². The van der Waals surface area contributed by atoms with Crippen LogP contribution in [0.5, 0.6) is 0 Å². The Labute approximate surface area is 160 Å². The average Bonchev–Trinajstić information content (AvgIpc) is 2.62. The molecule has 1 aromatic rings. The highest BCUT2D eigenvalue weighted by Gasteiger charge is 2.22. The predicted octanol–water partition coefficient (Wildman–Crippen LogP) is 1.05. The number of amides is 2. The smallest absolute Gasteiger partial charge is 0.340 e. The lowest BCUT2D eigenvalue weighted by atomic mass is 10.2. The molecule has 2 rings (SSSR count). The molecule has 0 unspecified atom stereocenters. The Hall–Kier alpha value is -2.03. The number of anilines is 1. The first-order chi connectivity index (χ1) is 12.3. The molecule has 0 saturated carbocycles. The van der Waals surface area contributed by atoms with Crippen molar-refractivity contribution in [3.8, 4) is 0 Å². The number of nitrogens with two attached hydrogens (primary N) is 1. The molecule has 0 radical (unpaired) electrons. The molecule has 1 aliphatic rings. The molecule has 2 amide bonds. The molecular formula is C16H19Cl2N3O5. The first-order valence-corrected chi connectivity index (χ1v) is 8.56. The van der Waals surface area contributed by atoms with E-state index in [-0.39, 0.29) is 33.7 Å². The van der Waals surface area contributed by atoms with E-state index in [9.17, 15) is 14.4 Å². The van der Waals surface area contributed by atoms with Gasteiger partial charge in [-0.2, -0.15) is 0 Å². The number of morpholine rings is 1. The lowest BCUT2D eigenvalue weighted by Crippen LogP contribution is -2.46. The third kappa shape index (κ3) is 5.23. The third-order valence-corrected chi connectivity index (χ3v) is 4.33. The zero-order valence-electron chi connectivity index (χ0n) is 14.2. The minimum atomic E-state index is -0.826. The van der Waals surface area contributed by atoms with Gasteiger partial charge in [-0.3, -0.25) is 9.59 Å². The van der Waals surface area contributed by atoms with Gasteiger partial charge in [0.1, 0.15) is 0 Å². The summed E-state index contributed by atoms with van der Waals surface area (Å²) in [6.45, 7) is 1.29. The Morgan fingerprint density at radius 1 is 1.27 bits per heavy atom. The number of hydrogen-bond acceptors (Lipinski definition) is 6. The van der Waals surface area contributed by atoms with Crippen LogP contribution in [0.2, 0.25) is 10.0 Å². The molecule has 0 aromatic heterocycles. The zero-order valence-corrected chi connectivity index (χ0v) is 15.7. The largest absolute Gasteiger partial charge is 0.452 e. The molecule has 10 heteroatoms. The number of nitrogens with zero attached hydrogens (tertiary/aromatic N) is 2. The number of ether oxygens (including phenoxy) is 2. The van der Waals surface area contributed by atoms with E-state index < -0.39 is 18.5 Å². The maximum absolute atomic E-state index is 12.1. The number of hydrogen-bond donors (Lipinski definition) is 1. The summed E-state index contributed by atoms with van der Waals surface area (Å²) < 4.78 is 10.1. The summed E-state index contributed by atoms with van der Waals surface area (Å²) in [4.78, 5) is 39.1. The summed E-state index contributed by atoms with van der Waals surface area (Å²) in [5.74, 6) is -1.54. The number of halogens is 2. The van der Waals surface area contributed by atoms with Crippen molar-refractivity contribution >= 4 is 46.7 Å².